The van der Waals surface area contributed by atoms with Crippen molar-refractivity contribution in [2.45, 2.75) is 58.4 Å². The highest BCUT2D eigenvalue weighted by molar-refractivity contribution is 5.66. The molecule has 0 amide bonds. The van der Waals surface area contributed by atoms with E-state index in [2.05, 4.69) is 44.7 Å². The van der Waals surface area contributed by atoms with E-state index in [4.69, 9.17) is 4.74 Å². The molecule has 3 heteroatoms. The van der Waals surface area contributed by atoms with Crippen LogP contribution in [0.1, 0.15) is 64.0 Å². The fourth-order valence-electron chi connectivity index (χ4n) is 3.51. The van der Waals surface area contributed by atoms with Crippen LogP contribution >= 0.6 is 0 Å². The fraction of sp³-hybridized carbons (Fsp3) is 0.611. The van der Waals surface area contributed by atoms with Gasteiger partial charge in [-0.1, -0.05) is 20.3 Å². The number of fused-ring (bicyclic) bond motifs is 1. The van der Waals surface area contributed by atoms with Crippen LogP contribution in [-0.4, -0.2) is 19.2 Å². The van der Waals surface area contributed by atoms with Gasteiger partial charge in [0.1, 0.15) is 11.8 Å². The van der Waals surface area contributed by atoms with Crippen molar-refractivity contribution in [3.63, 3.8) is 0 Å². The first-order chi connectivity index (χ1) is 9.94. The second-order valence-corrected chi connectivity index (χ2v) is 6.65. The highest BCUT2D eigenvalue weighted by Crippen LogP contribution is 2.45. The highest BCUT2D eigenvalue weighted by atomic mass is 16.5. The van der Waals surface area contributed by atoms with E-state index in [0.717, 1.165) is 13.0 Å². The Morgan fingerprint density at radius 3 is 2.71 bits per heavy atom. The van der Waals surface area contributed by atoms with Gasteiger partial charge in [-0.05, 0) is 44.2 Å². The molecule has 0 saturated heterocycles. The third-order valence-corrected chi connectivity index (χ3v) is 4.56. The van der Waals surface area contributed by atoms with Gasteiger partial charge in [0.25, 0.3) is 0 Å². The van der Waals surface area contributed by atoms with Crippen LogP contribution in [0.5, 0.6) is 5.75 Å². The SMILES string of the molecule is CCCCN1c2cc(OC)c(C#N)cc2[C@@H](C)CC1(C)C. The van der Waals surface area contributed by atoms with Gasteiger partial charge in [0.2, 0.25) is 0 Å². The standard InChI is InChI=1S/C18H26N2O/c1-6-7-8-20-16-10-17(21-5)14(12-19)9-15(16)13(2)11-18(20,3)4/h9-10,13H,6-8,11H2,1-5H3/t13-/m0/s1. The number of hydrogen-bond donors (Lipinski definition) is 0. The zero-order chi connectivity index (χ0) is 15.6. The monoisotopic (exact) mass is 286 g/mol. The van der Waals surface area contributed by atoms with E-state index in [0.29, 0.717) is 17.2 Å². The smallest absolute Gasteiger partial charge is 0.138 e. The van der Waals surface area contributed by atoms with Gasteiger partial charge in [0.05, 0.1) is 12.7 Å². The number of anilines is 1. The number of ether oxygens (including phenoxy) is 1. The average molecular weight is 286 g/mol. The van der Waals surface area contributed by atoms with E-state index in [1.54, 1.807) is 7.11 Å². The van der Waals surface area contributed by atoms with Crippen LogP contribution in [0.4, 0.5) is 5.69 Å². The fourth-order valence-corrected chi connectivity index (χ4v) is 3.51. The van der Waals surface area contributed by atoms with Crippen LogP contribution in [0.3, 0.4) is 0 Å². The zero-order valence-corrected chi connectivity index (χ0v) is 13.9. The van der Waals surface area contributed by atoms with Crippen molar-refractivity contribution in [1.82, 2.24) is 0 Å². The summed E-state index contributed by atoms with van der Waals surface area (Å²) < 4.78 is 5.41. The molecule has 2 rings (SSSR count). The number of benzene rings is 1. The van der Waals surface area contributed by atoms with Gasteiger partial charge >= 0.3 is 0 Å². The molecule has 0 fully saturated rings. The molecule has 0 N–H and O–H groups in total. The molecule has 1 heterocycles. The molecule has 1 aromatic carbocycles. The summed E-state index contributed by atoms with van der Waals surface area (Å²) in [6, 6.07) is 6.33. The van der Waals surface area contributed by atoms with Gasteiger partial charge in [0.15, 0.2) is 0 Å². The molecule has 0 saturated carbocycles. The molecule has 0 radical (unpaired) electrons. The van der Waals surface area contributed by atoms with Gasteiger partial charge in [0, 0.05) is 23.8 Å². The predicted octanol–water partition coefficient (Wildman–Crippen LogP) is 4.46. The third kappa shape index (κ3) is 2.85. The van der Waals surface area contributed by atoms with Gasteiger partial charge < -0.3 is 9.64 Å². The van der Waals surface area contributed by atoms with Crippen LogP contribution in [0.2, 0.25) is 0 Å². The second kappa shape index (κ2) is 5.97. The number of nitrogens with zero attached hydrogens (tertiary/aromatic N) is 2. The van der Waals surface area contributed by atoms with Gasteiger partial charge in [-0.3, -0.25) is 0 Å². The molecule has 1 aromatic rings. The van der Waals surface area contributed by atoms with Crippen molar-refractivity contribution in [2.75, 3.05) is 18.6 Å². The van der Waals surface area contributed by atoms with Crippen LogP contribution in [0.25, 0.3) is 0 Å². The molecule has 0 spiro atoms. The molecule has 0 aromatic heterocycles. The first-order valence-electron chi connectivity index (χ1n) is 7.84. The first-order valence-corrected chi connectivity index (χ1v) is 7.84. The highest BCUT2D eigenvalue weighted by Gasteiger charge is 2.36. The number of unbranched alkanes of at least 4 members (excludes halogenated alkanes) is 1. The lowest BCUT2D eigenvalue weighted by Crippen LogP contribution is -2.48. The average Bonchev–Trinajstić information content (AvgIpc) is 2.45. The lowest BCUT2D eigenvalue weighted by molar-refractivity contribution is 0.370. The van der Waals surface area contributed by atoms with Crippen LogP contribution < -0.4 is 9.64 Å². The summed E-state index contributed by atoms with van der Waals surface area (Å²) in [6.07, 6.45) is 3.48. The molecular weight excluding hydrogens is 260 g/mol. The van der Waals surface area contributed by atoms with Crippen LogP contribution in [0.15, 0.2) is 12.1 Å². The van der Waals surface area contributed by atoms with Gasteiger partial charge in [-0.2, -0.15) is 5.26 Å². The van der Waals surface area contributed by atoms with Crippen molar-refractivity contribution < 1.29 is 4.74 Å². The van der Waals surface area contributed by atoms with E-state index in [1.807, 2.05) is 6.07 Å². The van der Waals surface area contributed by atoms with Gasteiger partial charge in [-0.25, -0.2) is 0 Å². The molecule has 21 heavy (non-hydrogen) atoms. The lowest BCUT2D eigenvalue weighted by atomic mass is 9.79. The molecular formula is C18H26N2O. The van der Waals surface area contributed by atoms with E-state index in [9.17, 15) is 5.26 Å². The Bertz CT molecular complexity index is 557. The quantitative estimate of drug-likeness (QED) is 0.820. The number of nitriles is 1. The van der Waals surface area contributed by atoms with Crippen molar-refractivity contribution in [3.8, 4) is 11.8 Å². The first kappa shape index (κ1) is 15.7. The van der Waals surface area contributed by atoms with E-state index in [-0.39, 0.29) is 5.54 Å². The number of hydrogen-bond acceptors (Lipinski definition) is 3. The third-order valence-electron chi connectivity index (χ3n) is 4.56. The molecule has 0 bridgehead atoms. The molecule has 1 atom stereocenters. The van der Waals surface area contributed by atoms with Crippen LogP contribution in [-0.2, 0) is 0 Å². The molecule has 0 unspecified atom stereocenters. The molecule has 0 aliphatic carbocycles. The van der Waals surface area contributed by atoms with Crippen molar-refractivity contribution in [3.05, 3.63) is 23.3 Å². The Hall–Kier alpha value is -1.69. The predicted molar refractivity (Wildman–Crippen MR) is 87.1 cm³/mol. The summed E-state index contributed by atoms with van der Waals surface area (Å²) in [4.78, 5) is 2.50. The molecule has 114 valence electrons. The zero-order valence-electron chi connectivity index (χ0n) is 13.9. The number of rotatable bonds is 4. The Kier molecular flexibility index (Phi) is 4.46. The molecule has 1 aliphatic rings. The maximum atomic E-state index is 9.30. The summed E-state index contributed by atoms with van der Waals surface area (Å²) in [5, 5.41) is 9.30. The van der Waals surface area contributed by atoms with Gasteiger partial charge in [-0.15, -0.1) is 0 Å². The minimum atomic E-state index is 0.140. The summed E-state index contributed by atoms with van der Waals surface area (Å²) in [5.41, 5.74) is 3.30. The minimum absolute atomic E-state index is 0.140. The summed E-state index contributed by atoms with van der Waals surface area (Å²) in [6.45, 7) is 10.2. The Morgan fingerprint density at radius 2 is 2.14 bits per heavy atom. The minimum Gasteiger partial charge on any atom is -0.495 e. The Labute approximate surface area is 128 Å². The topological polar surface area (TPSA) is 36.3 Å². The van der Waals surface area contributed by atoms with Crippen LogP contribution in [0, 0.1) is 11.3 Å². The van der Waals surface area contributed by atoms with E-state index >= 15 is 0 Å². The van der Waals surface area contributed by atoms with Crippen molar-refractivity contribution >= 4 is 5.69 Å². The maximum absolute atomic E-state index is 9.30. The maximum Gasteiger partial charge on any atom is 0.138 e. The number of methoxy groups -OCH3 is 1. The van der Waals surface area contributed by atoms with E-state index in [1.165, 1.54) is 24.1 Å². The van der Waals surface area contributed by atoms with Crippen molar-refractivity contribution in [2.24, 2.45) is 0 Å². The summed E-state index contributed by atoms with van der Waals surface area (Å²) in [7, 11) is 1.64. The Balaban J connectivity index is 2.55. The second-order valence-electron chi connectivity index (χ2n) is 6.65. The molecule has 1 aliphatic heterocycles. The van der Waals surface area contributed by atoms with Crippen molar-refractivity contribution in [1.29, 1.82) is 5.26 Å². The normalized spacial score (nSPS) is 19.8. The summed E-state index contributed by atoms with van der Waals surface area (Å²) >= 11 is 0. The Morgan fingerprint density at radius 1 is 1.43 bits per heavy atom. The largest absolute Gasteiger partial charge is 0.495 e. The lowest BCUT2D eigenvalue weighted by Gasteiger charge is -2.48. The summed E-state index contributed by atoms with van der Waals surface area (Å²) in [5.74, 6) is 1.15. The molecule has 3 nitrogen and oxygen atoms in total. The van der Waals surface area contributed by atoms with E-state index < -0.39 is 0 Å².